The van der Waals surface area contributed by atoms with Gasteiger partial charge in [-0.1, -0.05) is 0 Å². The molecule has 0 saturated carbocycles. The van der Waals surface area contributed by atoms with Gasteiger partial charge in [0, 0.05) is 18.7 Å². The van der Waals surface area contributed by atoms with Crippen LogP contribution >= 0.6 is 0 Å². The van der Waals surface area contributed by atoms with Gasteiger partial charge >= 0.3 is 6.03 Å². The number of methoxy groups -OCH3 is 1. The Labute approximate surface area is 148 Å². The highest BCUT2D eigenvalue weighted by atomic mass is 16.6. The number of hydrogen-bond donors (Lipinski definition) is 1. The van der Waals surface area contributed by atoms with Crippen LogP contribution in [0.5, 0.6) is 5.75 Å². The van der Waals surface area contributed by atoms with Gasteiger partial charge in [-0.2, -0.15) is 0 Å². The number of rotatable bonds is 5. The molecule has 1 aliphatic rings. The largest absolute Gasteiger partial charge is 0.496 e. The van der Waals surface area contributed by atoms with Gasteiger partial charge < -0.3 is 14.5 Å². The molecule has 0 bridgehead atoms. The molecule has 134 valence electrons. The van der Waals surface area contributed by atoms with Gasteiger partial charge in [0.1, 0.15) is 23.0 Å². The minimum absolute atomic E-state index is 0.0987. The van der Waals surface area contributed by atoms with Crippen LogP contribution in [0.15, 0.2) is 40.4 Å². The average Bonchev–Trinajstić information content (AvgIpc) is 3.19. The highest BCUT2D eigenvalue weighted by Crippen LogP contribution is 2.34. The molecule has 0 unspecified atom stereocenters. The van der Waals surface area contributed by atoms with E-state index in [2.05, 4.69) is 5.32 Å². The molecule has 9 heteroatoms. The average molecular weight is 357 g/mol. The van der Waals surface area contributed by atoms with Gasteiger partial charge in [0.15, 0.2) is 0 Å². The molecule has 0 aliphatic carbocycles. The summed E-state index contributed by atoms with van der Waals surface area (Å²) in [7, 11) is 1.40. The quantitative estimate of drug-likeness (QED) is 0.381. The number of amides is 3. The van der Waals surface area contributed by atoms with Crippen molar-refractivity contribution in [2.45, 2.75) is 6.92 Å². The molecule has 3 amide bonds. The van der Waals surface area contributed by atoms with Crippen molar-refractivity contribution in [3.63, 3.8) is 0 Å². The fourth-order valence-electron chi connectivity index (χ4n) is 2.57. The van der Waals surface area contributed by atoms with Gasteiger partial charge in [-0.3, -0.25) is 19.8 Å². The lowest BCUT2D eigenvalue weighted by molar-refractivity contribution is -0.384. The topological polar surface area (TPSA) is 115 Å². The zero-order chi connectivity index (χ0) is 18.8. The van der Waals surface area contributed by atoms with Crippen LogP contribution in [0.3, 0.4) is 0 Å². The summed E-state index contributed by atoms with van der Waals surface area (Å²) in [6.07, 6.45) is 1.43. The highest BCUT2D eigenvalue weighted by molar-refractivity contribution is 6.13. The first kappa shape index (κ1) is 17.2. The molecule has 1 saturated heterocycles. The van der Waals surface area contributed by atoms with E-state index in [1.165, 1.54) is 31.4 Å². The van der Waals surface area contributed by atoms with Crippen LogP contribution in [0, 0.1) is 10.1 Å². The monoisotopic (exact) mass is 357 g/mol. The van der Waals surface area contributed by atoms with Crippen LogP contribution in [0.4, 0.5) is 10.5 Å². The number of nitrogens with one attached hydrogen (secondary N) is 1. The number of hydrogen-bond acceptors (Lipinski definition) is 6. The maximum Gasteiger partial charge on any atom is 0.328 e. The maximum absolute atomic E-state index is 12.1. The summed E-state index contributed by atoms with van der Waals surface area (Å²) in [6, 6.07) is 6.96. The first-order chi connectivity index (χ1) is 12.4. The van der Waals surface area contributed by atoms with Crippen molar-refractivity contribution >= 4 is 23.7 Å². The number of non-ortho nitro benzene ring substituents is 1. The number of imide groups is 1. The molecule has 0 atom stereocenters. The number of nitrogens with zero attached hydrogens (tertiary/aromatic N) is 2. The number of likely N-dealkylation sites (N-methyl/N-ethyl adjacent to an activating group) is 1. The summed E-state index contributed by atoms with van der Waals surface area (Å²) < 4.78 is 10.9. The van der Waals surface area contributed by atoms with Crippen molar-refractivity contribution in [3.05, 3.63) is 51.9 Å². The Kier molecular flexibility index (Phi) is 4.44. The smallest absolute Gasteiger partial charge is 0.328 e. The van der Waals surface area contributed by atoms with Gasteiger partial charge in [-0.05, 0) is 25.1 Å². The number of urea groups is 1. The fourth-order valence-corrected chi connectivity index (χ4v) is 2.57. The summed E-state index contributed by atoms with van der Waals surface area (Å²) in [4.78, 5) is 35.2. The lowest BCUT2D eigenvalue weighted by Gasteiger charge is -2.06. The summed E-state index contributed by atoms with van der Waals surface area (Å²) in [5.74, 6) is 0.619. The number of carbonyl (C=O) groups excluding carboxylic acids is 2. The van der Waals surface area contributed by atoms with E-state index in [9.17, 15) is 19.7 Å². The number of benzene rings is 1. The third kappa shape index (κ3) is 3.02. The van der Waals surface area contributed by atoms with Gasteiger partial charge in [0.25, 0.3) is 11.6 Å². The van der Waals surface area contributed by atoms with Crippen molar-refractivity contribution < 1.29 is 23.7 Å². The lowest BCUT2D eigenvalue weighted by Crippen LogP contribution is -2.30. The molecule has 1 aromatic heterocycles. The van der Waals surface area contributed by atoms with Crippen LogP contribution < -0.4 is 10.1 Å². The Bertz CT molecular complexity index is 930. The van der Waals surface area contributed by atoms with Crippen molar-refractivity contribution in [3.8, 4) is 17.1 Å². The third-order valence-electron chi connectivity index (χ3n) is 3.85. The molecule has 1 aromatic carbocycles. The zero-order valence-electron chi connectivity index (χ0n) is 14.0. The lowest BCUT2D eigenvalue weighted by atomic mass is 10.1. The van der Waals surface area contributed by atoms with Crippen LogP contribution in [-0.2, 0) is 4.79 Å². The number of furan rings is 1. The summed E-state index contributed by atoms with van der Waals surface area (Å²) in [5.41, 5.74) is 0.548. The second-order valence-electron chi connectivity index (χ2n) is 5.38. The summed E-state index contributed by atoms with van der Waals surface area (Å²) in [5, 5.41) is 13.4. The van der Waals surface area contributed by atoms with Crippen molar-refractivity contribution in [1.29, 1.82) is 0 Å². The predicted octanol–water partition coefficient (Wildman–Crippen LogP) is 2.78. The first-order valence-corrected chi connectivity index (χ1v) is 7.71. The first-order valence-electron chi connectivity index (χ1n) is 7.71. The minimum atomic E-state index is -0.516. The molecule has 3 rings (SSSR count). The van der Waals surface area contributed by atoms with Crippen molar-refractivity contribution in [2.75, 3.05) is 13.7 Å². The van der Waals surface area contributed by atoms with Crippen LogP contribution in [0.2, 0.25) is 0 Å². The van der Waals surface area contributed by atoms with E-state index < -0.39 is 16.9 Å². The number of carbonyl (C=O) groups is 2. The summed E-state index contributed by atoms with van der Waals surface area (Å²) >= 11 is 0. The van der Waals surface area contributed by atoms with Gasteiger partial charge in [-0.15, -0.1) is 0 Å². The molecule has 1 aliphatic heterocycles. The molecule has 0 radical (unpaired) electrons. The molecule has 1 N–H and O–H groups in total. The Morgan fingerprint density at radius 1 is 1.31 bits per heavy atom. The van der Waals surface area contributed by atoms with E-state index in [1.807, 2.05) is 0 Å². The van der Waals surface area contributed by atoms with E-state index >= 15 is 0 Å². The van der Waals surface area contributed by atoms with Gasteiger partial charge in [0.2, 0.25) is 0 Å². The standard InChI is InChI=1S/C17H15N3O6/c1-3-19-16(21)13(18-17(19)22)9-11-5-7-14(26-11)12-6-4-10(20(23)24)8-15(12)25-2/h4-9H,3H2,1-2H3,(H,18,22)/b13-9+. The van der Waals surface area contributed by atoms with Crippen molar-refractivity contribution in [2.24, 2.45) is 0 Å². The van der Waals surface area contributed by atoms with Gasteiger partial charge in [0.05, 0.1) is 23.7 Å². The Balaban J connectivity index is 1.92. The highest BCUT2D eigenvalue weighted by Gasteiger charge is 2.32. The fraction of sp³-hybridized carbons (Fsp3) is 0.176. The predicted molar refractivity (Wildman–Crippen MR) is 91.2 cm³/mol. The Hall–Kier alpha value is -3.62. The van der Waals surface area contributed by atoms with Crippen LogP contribution in [-0.4, -0.2) is 35.4 Å². The maximum atomic E-state index is 12.1. The minimum Gasteiger partial charge on any atom is -0.496 e. The Morgan fingerprint density at radius 3 is 2.69 bits per heavy atom. The Morgan fingerprint density at radius 2 is 2.08 bits per heavy atom. The summed E-state index contributed by atoms with van der Waals surface area (Å²) in [6.45, 7) is 1.97. The second kappa shape index (κ2) is 6.71. The second-order valence-corrected chi connectivity index (χ2v) is 5.38. The van der Waals surface area contributed by atoms with Crippen LogP contribution in [0.25, 0.3) is 17.4 Å². The van der Waals surface area contributed by atoms with E-state index in [0.29, 0.717) is 17.1 Å². The number of ether oxygens (including phenoxy) is 1. The van der Waals surface area contributed by atoms with Crippen LogP contribution in [0.1, 0.15) is 12.7 Å². The van der Waals surface area contributed by atoms with E-state index in [1.54, 1.807) is 19.1 Å². The normalized spacial score (nSPS) is 15.5. The SMILES string of the molecule is CCN1C(=O)N/C(=C/c2ccc(-c3ccc([N+](=O)[O-])cc3OC)o2)C1=O. The molecule has 1 fully saturated rings. The number of nitro benzene ring substituents is 1. The van der Waals surface area contributed by atoms with E-state index in [4.69, 9.17) is 9.15 Å². The molecule has 2 heterocycles. The van der Waals surface area contributed by atoms with Crippen molar-refractivity contribution in [1.82, 2.24) is 10.2 Å². The molecule has 0 spiro atoms. The van der Waals surface area contributed by atoms with E-state index in [-0.39, 0.29) is 23.7 Å². The third-order valence-corrected chi connectivity index (χ3v) is 3.85. The molecule has 2 aromatic rings. The molecule has 9 nitrogen and oxygen atoms in total. The van der Waals surface area contributed by atoms with E-state index in [0.717, 1.165) is 4.90 Å². The zero-order valence-corrected chi connectivity index (χ0v) is 14.0. The molecule has 26 heavy (non-hydrogen) atoms. The molecular weight excluding hydrogens is 342 g/mol. The van der Waals surface area contributed by atoms with Gasteiger partial charge in [-0.25, -0.2) is 4.79 Å². The number of nitro groups is 1. The molecular formula is C17H15N3O6.